The second-order valence-electron chi connectivity index (χ2n) is 6.64. The van der Waals surface area contributed by atoms with E-state index in [-0.39, 0.29) is 30.1 Å². The van der Waals surface area contributed by atoms with E-state index in [4.69, 9.17) is 4.74 Å². The highest BCUT2D eigenvalue weighted by Gasteiger charge is 2.12. The van der Waals surface area contributed by atoms with Gasteiger partial charge < -0.3 is 15.4 Å². The number of aryl methyl sites for hydroxylation is 1. The van der Waals surface area contributed by atoms with E-state index in [9.17, 15) is 8.42 Å². The Labute approximate surface area is 191 Å². The molecule has 0 saturated heterocycles. The van der Waals surface area contributed by atoms with Gasteiger partial charge in [-0.3, -0.25) is 4.99 Å². The molecule has 0 saturated carbocycles. The monoisotopic (exact) mass is 531 g/mol. The van der Waals surface area contributed by atoms with Gasteiger partial charge in [-0.15, -0.1) is 24.0 Å². The van der Waals surface area contributed by atoms with Crippen molar-refractivity contribution in [2.75, 3.05) is 19.8 Å². The fourth-order valence-electron chi connectivity index (χ4n) is 2.82. The van der Waals surface area contributed by atoms with Gasteiger partial charge >= 0.3 is 0 Å². The van der Waals surface area contributed by atoms with Gasteiger partial charge in [0, 0.05) is 19.8 Å². The van der Waals surface area contributed by atoms with E-state index < -0.39 is 9.84 Å². The number of nitrogens with one attached hydrogen (secondary N) is 2. The average molecular weight is 531 g/mol. The van der Waals surface area contributed by atoms with E-state index in [1.165, 1.54) is 6.26 Å². The number of hydrogen-bond donors (Lipinski definition) is 2. The molecular formula is C21H30IN3O3S. The maximum atomic E-state index is 11.7. The summed E-state index contributed by atoms with van der Waals surface area (Å²) in [5.41, 5.74) is 1.73. The zero-order chi connectivity index (χ0) is 20.6. The molecule has 0 radical (unpaired) electrons. The van der Waals surface area contributed by atoms with Gasteiger partial charge in [0.25, 0.3) is 0 Å². The molecule has 160 valence electrons. The number of benzene rings is 2. The number of ether oxygens (including phenoxy) is 1. The van der Waals surface area contributed by atoms with Crippen LogP contribution in [0.4, 0.5) is 0 Å². The number of halogens is 1. The smallest absolute Gasteiger partial charge is 0.191 e. The standard InChI is InChI=1S/C21H29N3O3S.HI/c1-5-18(27-19-9-7-6-8-10-19)15-24-21(22-3)23-14-17-11-12-20(16(2)13-17)28(4,25)26;/h6-13,18H,5,14-15H2,1-4H3,(H2,22,23,24);1H. The SMILES string of the molecule is CCC(CNC(=NC)NCc1ccc(S(C)(=O)=O)c(C)c1)Oc1ccccc1.I. The van der Waals surface area contributed by atoms with Crippen LogP contribution < -0.4 is 15.4 Å². The Hall–Kier alpha value is -1.81. The predicted molar refractivity (Wildman–Crippen MR) is 129 cm³/mol. The van der Waals surface area contributed by atoms with Crippen LogP contribution >= 0.6 is 24.0 Å². The normalized spacial score (nSPS) is 12.6. The van der Waals surface area contributed by atoms with Crippen LogP contribution in [0.2, 0.25) is 0 Å². The van der Waals surface area contributed by atoms with Crippen LogP contribution in [-0.2, 0) is 16.4 Å². The van der Waals surface area contributed by atoms with Crippen molar-refractivity contribution in [3.8, 4) is 5.75 Å². The number of aliphatic imine (C=N–C) groups is 1. The highest BCUT2D eigenvalue weighted by Crippen LogP contribution is 2.16. The van der Waals surface area contributed by atoms with Gasteiger partial charge in [-0.25, -0.2) is 8.42 Å². The van der Waals surface area contributed by atoms with Crippen LogP contribution in [0.3, 0.4) is 0 Å². The molecule has 0 bridgehead atoms. The maximum absolute atomic E-state index is 11.7. The first-order valence-corrected chi connectivity index (χ1v) is 11.2. The predicted octanol–water partition coefficient (Wildman–Crippen LogP) is 3.54. The van der Waals surface area contributed by atoms with Crippen LogP contribution in [-0.4, -0.2) is 40.3 Å². The van der Waals surface area contributed by atoms with Crippen molar-refractivity contribution in [3.05, 3.63) is 59.7 Å². The number of para-hydroxylation sites is 1. The molecule has 8 heteroatoms. The lowest BCUT2D eigenvalue weighted by molar-refractivity contribution is 0.199. The van der Waals surface area contributed by atoms with E-state index >= 15 is 0 Å². The van der Waals surface area contributed by atoms with E-state index in [0.29, 0.717) is 23.9 Å². The van der Waals surface area contributed by atoms with E-state index in [1.54, 1.807) is 20.0 Å². The fourth-order valence-corrected chi connectivity index (χ4v) is 3.77. The molecule has 0 amide bonds. The van der Waals surface area contributed by atoms with Gasteiger partial charge in [-0.05, 0) is 42.7 Å². The summed E-state index contributed by atoms with van der Waals surface area (Å²) >= 11 is 0. The van der Waals surface area contributed by atoms with Gasteiger partial charge in [-0.1, -0.05) is 37.3 Å². The molecule has 0 aliphatic rings. The molecule has 1 unspecified atom stereocenters. The zero-order valence-corrected chi connectivity index (χ0v) is 20.5. The minimum atomic E-state index is -3.20. The van der Waals surface area contributed by atoms with Crippen molar-refractivity contribution in [1.29, 1.82) is 0 Å². The van der Waals surface area contributed by atoms with Crippen LogP contribution in [0.25, 0.3) is 0 Å². The first-order valence-electron chi connectivity index (χ1n) is 9.29. The summed E-state index contributed by atoms with van der Waals surface area (Å²) in [6.07, 6.45) is 2.11. The Morgan fingerprint density at radius 1 is 1.14 bits per heavy atom. The lowest BCUT2D eigenvalue weighted by Crippen LogP contribution is -2.42. The summed E-state index contributed by atoms with van der Waals surface area (Å²) in [6, 6.07) is 15.1. The molecule has 2 aromatic carbocycles. The lowest BCUT2D eigenvalue weighted by atomic mass is 10.1. The second kappa shape index (κ2) is 12.0. The molecule has 0 aliphatic carbocycles. The average Bonchev–Trinajstić information content (AvgIpc) is 2.67. The molecule has 0 aromatic heterocycles. The molecule has 0 aliphatic heterocycles. The highest BCUT2D eigenvalue weighted by atomic mass is 127. The van der Waals surface area contributed by atoms with E-state index in [0.717, 1.165) is 23.3 Å². The highest BCUT2D eigenvalue weighted by molar-refractivity contribution is 14.0. The summed E-state index contributed by atoms with van der Waals surface area (Å²) in [5, 5.41) is 6.53. The van der Waals surface area contributed by atoms with Crippen LogP contribution in [0.15, 0.2) is 58.4 Å². The Balaban J connectivity index is 0.00000420. The minimum Gasteiger partial charge on any atom is -0.489 e. The third-order valence-electron chi connectivity index (χ3n) is 4.32. The van der Waals surface area contributed by atoms with Crippen LogP contribution in [0, 0.1) is 6.92 Å². The quantitative estimate of drug-likeness (QED) is 0.310. The first-order chi connectivity index (χ1) is 13.3. The fraction of sp³-hybridized carbons (Fsp3) is 0.381. The van der Waals surface area contributed by atoms with Crippen molar-refractivity contribution < 1.29 is 13.2 Å². The maximum Gasteiger partial charge on any atom is 0.191 e. The molecule has 2 aromatic rings. The number of guanidine groups is 1. The van der Waals surface area contributed by atoms with Crippen molar-refractivity contribution >= 4 is 39.8 Å². The Morgan fingerprint density at radius 3 is 2.38 bits per heavy atom. The molecule has 29 heavy (non-hydrogen) atoms. The molecule has 0 spiro atoms. The van der Waals surface area contributed by atoms with E-state index in [2.05, 4.69) is 22.5 Å². The number of hydrogen-bond acceptors (Lipinski definition) is 4. The summed E-state index contributed by atoms with van der Waals surface area (Å²) in [7, 11) is -1.49. The Kier molecular flexibility index (Phi) is 10.5. The van der Waals surface area contributed by atoms with Gasteiger partial charge in [0.05, 0.1) is 11.4 Å². The Bertz CT molecular complexity index is 903. The first kappa shape index (κ1) is 25.2. The molecule has 0 fully saturated rings. The zero-order valence-electron chi connectivity index (χ0n) is 17.3. The van der Waals surface area contributed by atoms with Gasteiger partial charge in [-0.2, -0.15) is 0 Å². The van der Waals surface area contributed by atoms with E-state index in [1.807, 2.05) is 42.5 Å². The van der Waals surface area contributed by atoms with Gasteiger partial charge in [0.15, 0.2) is 15.8 Å². The second-order valence-corrected chi connectivity index (χ2v) is 8.62. The summed E-state index contributed by atoms with van der Waals surface area (Å²) in [4.78, 5) is 4.60. The van der Waals surface area contributed by atoms with Crippen molar-refractivity contribution in [1.82, 2.24) is 10.6 Å². The molecular weight excluding hydrogens is 501 g/mol. The Morgan fingerprint density at radius 2 is 1.83 bits per heavy atom. The minimum absolute atomic E-state index is 0. The van der Waals surface area contributed by atoms with Gasteiger partial charge in [0.1, 0.15) is 11.9 Å². The largest absolute Gasteiger partial charge is 0.489 e. The summed E-state index contributed by atoms with van der Waals surface area (Å²) in [6.45, 7) is 5.05. The number of sulfone groups is 1. The third kappa shape index (κ3) is 8.22. The third-order valence-corrected chi connectivity index (χ3v) is 5.58. The van der Waals surface area contributed by atoms with Crippen LogP contribution in [0.1, 0.15) is 24.5 Å². The topological polar surface area (TPSA) is 79.8 Å². The molecule has 2 rings (SSSR count). The molecule has 1 atom stereocenters. The summed E-state index contributed by atoms with van der Waals surface area (Å²) in [5.74, 6) is 1.51. The van der Waals surface area contributed by atoms with Crippen molar-refractivity contribution in [2.45, 2.75) is 37.8 Å². The molecule has 0 heterocycles. The van der Waals surface area contributed by atoms with Crippen molar-refractivity contribution in [2.24, 2.45) is 4.99 Å². The molecule has 6 nitrogen and oxygen atoms in total. The van der Waals surface area contributed by atoms with Crippen LogP contribution in [0.5, 0.6) is 5.75 Å². The van der Waals surface area contributed by atoms with Crippen molar-refractivity contribution in [3.63, 3.8) is 0 Å². The number of nitrogens with zero attached hydrogens (tertiary/aromatic N) is 1. The van der Waals surface area contributed by atoms with Gasteiger partial charge in [0.2, 0.25) is 0 Å². The lowest BCUT2D eigenvalue weighted by Gasteiger charge is -2.20. The number of rotatable bonds is 8. The molecule has 2 N–H and O–H groups in total. The summed E-state index contributed by atoms with van der Waals surface area (Å²) < 4.78 is 29.4.